The molecular formula is C12H16N2O4. The van der Waals surface area contributed by atoms with Crippen molar-refractivity contribution in [3.63, 3.8) is 0 Å². The second-order valence-electron chi connectivity index (χ2n) is 4.19. The molecule has 1 rings (SSSR count). The van der Waals surface area contributed by atoms with Crippen molar-refractivity contribution in [1.29, 1.82) is 0 Å². The largest absolute Gasteiger partial charge is 0.479 e. The molecule has 0 aliphatic rings. The fraction of sp³-hybridized carbons (Fsp3) is 0.333. The highest BCUT2D eigenvalue weighted by atomic mass is 16.4. The summed E-state index contributed by atoms with van der Waals surface area (Å²) in [6.45, 7) is 0.700. The molecule has 0 aliphatic heterocycles. The van der Waals surface area contributed by atoms with Gasteiger partial charge in [0.1, 0.15) is 6.04 Å². The molecule has 18 heavy (non-hydrogen) atoms. The van der Waals surface area contributed by atoms with Crippen LogP contribution in [0.4, 0.5) is 0 Å². The molecule has 6 heteroatoms. The van der Waals surface area contributed by atoms with Crippen LogP contribution >= 0.6 is 0 Å². The monoisotopic (exact) mass is 252 g/mol. The molecule has 2 atom stereocenters. The summed E-state index contributed by atoms with van der Waals surface area (Å²) < 4.78 is 0. The third-order valence-electron chi connectivity index (χ3n) is 2.51. The smallest absolute Gasteiger partial charge is 0.337 e. The lowest BCUT2D eigenvalue weighted by Crippen LogP contribution is -2.48. The Morgan fingerprint density at radius 1 is 1.39 bits per heavy atom. The Morgan fingerprint density at radius 2 is 1.94 bits per heavy atom. The van der Waals surface area contributed by atoms with Gasteiger partial charge in [0.05, 0.1) is 6.54 Å². The number of aliphatic carboxylic acids is 1. The lowest BCUT2D eigenvalue weighted by atomic mass is 10.1. The molecule has 0 radical (unpaired) electrons. The van der Waals surface area contributed by atoms with Crippen LogP contribution in [-0.4, -0.2) is 34.2 Å². The van der Waals surface area contributed by atoms with E-state index in [-0.39, 0.29) is 0 Å². The van der Waals surface area contributed by atoms with E-state index in [1.807, 2.05) is 0 Å². The summed E-state index contributed by atoms with van der Waals surface area (Å²) in [5.74, 6) is -1.95. The number of rotatable bonds is 5. The van der Waals surface area contributed by atoms with Crippen molar-refractivity contribution in [3.8, 4) is 0 Å². The maximum atomic E-state index is 11.7. The maximum absolute atomic E-state index is 11.7. The summed E-state index contributed by atoms with van der Waals surface area (Å²) in [6.07, 6.45) is 0. The number of carboxylic acid groups (broad SMARTS) is 1. The zero-order valence-electron chi connectivity index (χ0n) is 9.96. The topological polar surface area (TPSA) is 113 Å². The van der Waals surface area contributed by atoms with Gasteiger partial charge in [-0.25, -0.2) is 4.79 Å². The van der Waals surface area contributed by atoms with Crippen LogP contribution in [0.1, 0.15) is 18.5 Å². The number of amides is 1. The average Bonchev–Trinajstić information content (AvgIpc) is 2.36. The van der Waals surface area contributed by atoms with Crippen molar-refractivity contribution in [2.75, 3.05) is 6.54 Å². The first-order chi connectivity index (χ1) is 8.34. The minimum Gasteiger partial charge on any atom is -0.479 e. The molecule has 0 saturated carbocycles. The van der Waals surface area contributed by atoms with E-state index in [1.165, 1.54) is 0 Å². The van der Waals surface area contributed by atoms with E-state index in [0.717, 1.165) is 6.92 Å². The van der Waals surface area contributed by atoms with Gasteiger partial charge >= 0.3 is 5.97 Å². The van der Waals surface area contributed by atoms with E-state index in [0.29, 0.717) is 5.56 Å². The number of aliphatic hydroxyl groups is 1. The van der Waals surface area contributed by atoms with Gasteiger partial charge in [0, 0.05) is 0 Å². The standard InChI is InChI=1S/C12H16N2O4/c1-12(18,11(16)17)7-14-10(15)9(13)8-5-3-2-4-6-8/h2-6,9,18H,7,13H2,1H3,(H,14,15)(H,16,17). The van der Waals surface area contributed by atoms with Gasteiger partial charge in [-0.05, 0) is 12.5 Å². The summed E-state index contributed by atoms with van der Waals surface area (Å²) in [4.78, 5) is 22.3. The summed E-state index contributed by atoms with van der Waals surface area (Å²) in [7, 11) is 0. The highest BCUT2D eigenvalue weighted by Crippen LogP contribution is 2.10. The SMILES string of the molecule is CC(O)(CNC(=O)C(N)c1ccccc1)C(=O)O. The summed E-state index contributed by atoms with van der Waals surface area (Å²) >= 11 is 0. The molecule has 5 N–H and O–H groups in total. The fourth-order valence-corrected chi connectivity index (χ4v) is 1.26. The van der Waals surface area contributed by atoms with Gasteiger partial charge in [0.15, 0.2) is 5.60 Å². The van der Waals surface area contributed by atoms with Gasteiger partial charge < -0.3 is 21.3 Å². The van der Waals surface area contributed by atoms with E-state index in [2.05, 4.69) is 5.32 Å². The van der Waals surface area contributed by atoms with Crippen molar-refractivity contribution < 1.29 is 19.8 Å². The number of nitrogens with one attached hydrogen (secondary N) is 1. The van der Waals surface area contributed by atoms with E-state index >= 15 is 0 Å². The predicted octanol–water partition coefficient (Wildman–Crippen LogP) is -0.362. The van der Waals surface area contributed by atoms with Crippen LogP contribution in [0.3, 0.4) is 0 Å². The molecule has 1 aromatic rings. The number of nitrogens with two attached hydrogens (primary N) is 1. The number of carbonyl (C=O) groups is 2. The molecule has 98 valence electrons. The van der Waals surface area contributed by atoms with Crippen molar-refractivity contribution in [3.05, 3.63) is 35.9 Å². The number of hydrogen-bond donors (Lipinski definition) is 4. The van der Waals surface area contributed by atoms with Gasteiger partial charge in [-0.1, -0.05) is 30.3 Å². The van der Waals surface area contributed by atoms with Crippen LogP contribution in [0.25, 0.3) is 0 Å². The molecule has 1 amide bonds. The van der Waals surface area contributed by atoms with E-state index < -0.39 is 30.1 Å². The van der Waals surface area contributed by atoms with E-state index in [4.69, 9.17) is 10.8 Å². The van der Waals surface area contributed by atoms with Crippen molar-refractivity contribution >= 4 is 11.9 Å². The molecule has 0 aromatic heterocycles. The summed E-state index contributed by atoms with van der Waals surface area (Å²) in [6, 6.07) is 7.78. The lowest BCUT2D eigenvalue weighted by Gasteiger charge is -2.20. The van der Waals surface area contributed by atoms with E-state index in [1.54, 1.807) is 30.3 Å². The normalized spacial score (nSPS) is 15.5. The molecule has 0 saturated heterocycles. The second kappa shape index (κ2) is 5.61. The lowest BCUT2D eigenvalue weighted by molar-refractivity contribution is -0.156. The van der Waals surface area contributed by atoms with Crippen LogP contribution in [-0.2, 0) is 9.59 Å². The number of carbonyl (C=O) groups excluding carboxylic acids is 1. The van der Waals surface area contributed by atoms with Crippen LogP contribution < -0.4 is 11.1 Å². The zero-order chi connectivity index (χ0) is 13.8. The summed E-state index contributed by atoms with van der Waals surface area (Å²) in [5.41, 5.74) is 4.31. The van der Waals surface area contributed by atoms with Crippen LogP contribution in [0.2, 0.25) is 0 Å². The predicted molar refractivity (Wildman–Crippen MR) is 64.6 cm³/mol. The minimum absolute atomic E-state index is 0.401. The Labute approximate surface area is 104 Å². The highest BCUT2D eigenvalue weighted by Gasteiger charge is 2.31. The zero-order valence-corrected chi connectivity index (χ0v) is 9.96. The van der Waals surface area contributed by atoms with Gasteiger partial charge in [-0.2, -0.15) is 0 Å². The van der Waals surface area contributed by atoms with Crippen LogP contribution in [0.15, 0.2) is 30.3 Å². The Hall–Kier alpha value is -1.92. The molecule has 0 fully saturated rings. The molecule has 2 unspecified atom stereocenters. The summed E-state index contributed by atoms with van der Waals surface area (Å²) in [5, 5.41) is 20.4. The first-order valence-electron chi connectivity index (χ1n) is 5.38. The molecular weight excluding hydrogens is 236 g/mol. The third-order valence-corrected chi connectivity index (χ3v) is 2.51. The maximum Gasteiger partial charge on any atom is 0.337 e. The first kappa shape index (κ1) is 14.1. The Bertz CT molecular complexity index is 431. The van der Waals surface area contributed by atoms with Crippen LogP contribution in [0, 0.1) is 0 Å². The van der Waals surface area contributed by atoms with Gasteiger partial charge in [0.25, 0.3) is 0 Å². The van der Waals surface area contributed by atoms with Gasteiger partial charge in [-0.3, -0.25) is 4.79 Å². The Balaban J connectivity index is 2.59. The minimum atomic E-state index is -2.01. The van der Waals surface area contributed by atoms with Gasteiger partial charge in [-0.15, -0.1) is 0 Å². The van der Waals surface area contributed by atoms with Crippen LogP contribution in [0.5, 0.6) is 0 Å². The van der Waals surface area contributed by atoms with Crippen molar-refractivity contribution in [2.24, 2.45) is 5.73 Å². The number of carboxylic acids is 1. The van der Waals surface area contributed by atoms with Crippen molar-refractivity contribution in [1.82, 2.24) is 5.32 Å². The quantitative estimate of drug-likeness (QED) is 0.571. The van der Waals surface area contributed by atoms with Gasteiger partial charge in [0.2, 0.25) is 5.91 Å². The average molecular weight is 252 g/mol. The fourth-order valence-electron chi connectivity index (χ4n) is 1.26. The molecule has 0 spiro atoms. The van der Waals surface area contributed by atoms with Crippen molar-refractivity contribution in [2.45, 2.75) is 18.6 Å². The Kier molecular flexibility index (Phi) is 4.41. The molecule has 0 aliphatic carbocycles. The first-order valence-corrected chi connectivity index (χ1v) is 5.38. The molecule has 6 nitrogen and oxygen atoms in total. The molecule has 0 heterocycles. The number of hydrogen-bond acceptors (Lipinski definition) is 4. The third kappa shape index (κ3) is 3.54. The molecule has 0 bridgehead atoms. The highest BCUT2D eigenvalue weighted by molar-refractivity contribution is 5.84. The second-order valence-corrected chi connectivity index (χ2v) is 4.19. The van der Waals surface area contributed by atoms with E-state index in [9.17, 15) is 14.7 Å². The molecule has 1 aromatic carbocycles. The number of benzene rings is 1. The Morgan fingerprint density at radius 3 is 2.44 bits per heavy atom.